The Kier molecular flexibility index (Phi) is 5.93. The summed E-state index contributed by atoms with van der Waals surface area (Å²) in [5.41, 5.74) is 1.28. The van der Waals surface area contributed by atoms with Gasteiger partial charge < -0.3 is 5.11 Å². The van der Waals surface area contributed by atoms with Crippen molar-refractivity contribution < 1.29 is 9.90 Å². The van der Waals surface area contributed by atoms with Crippen molar-refractivity contribution >= 4 is 33.7 Å². The summed E-state index contributed by atoms with van der Waals surface area (Å²) in [5, 5.41) is 9.10. The number of carboxylic acids is 1. The zero-order valence-corrected chi connectivity index (χ0v) is 14.0. The highest BCUT2D eigenvalue weighted by Gasteiger charge is 2.30. The van der Waals surface area contributed by atoms with E-state index >= 15 is 0 Å². The van der Waals surface area contributed by atoms with Gasteiger partial charge >= 0.3 is 5.97 Å². The lowest BCUT2D eigenvalue weighted by atomic mass is 10.00. The molecule has 1 aromatic carbocycles. The maximum absolute atomic E-state index is 11.1. The van der Waals surface area contributed by atoms with Crippen LogP contribution >= 0.6 is 27.7 Å². The molecule has 0 aliphatic carbocycles. The number of carbonyl (C=O) groups is 1. The van der Waals surface area contributed by atoms with E-state index in [9.17, 15) is 4.79 Å². The van der Waals surface area contributed by atoms with Crippen LogP contribution in [0.4, 0.5) is 0 Å². The van der Waals surface area contributed by atoms with Crippen molar-refractivity contribution in [1.82, 2.24) is 4.90 Å². The molecule has 0 saturated carbocycles. The van der Waals surface area contributed by atoms with Gasteiger partial charge in [-0.2, -0.15) is 11.8 Å². The first-order valence-corrected chi connectivity index (χ1v) is 8.87. The molecular weight excluding hydrogens is 338 g/mol. The number of halogens is 1. The lowest BCUT2D eigenvalue weighted by molar-refractivity contribution is -0.138. The molecule has 3 nitrogen and oxygen atoms in total. The Morgan fingerprint density at radius 2 is 2.20 bits per heavy atom. The lowest BCUT2D eigenvalue weighted by Gasteiger charge is -2.40. The minimum Gasteiger partial charge on any atom is -0.481 e. The van der Waals surface area contributed by atoms with Crippen LogP contribution in [0, 0.1) is 0 Å². The molecule has 2 rings (SSSR count). The van der Waals surface area contributed by atoms with Crippen LogP contribution < -0.4 is 0 Å². The fraction of sp³-hybridized carbons (Fsp3) is 0.533. The van der Waals surface area contributed by atoms with Gasteiger partial charge in [0.05, 0.1) is 6.42 Å². The van der Waals surface area contributed by atoms with Crippen LogP contribution in [0.3, 0.4) is 0 Å². The van der Waals surface area contributed by atoms with Gasteiger partial charge in [-0.15, -0.1) is 0 Å². The number of carboxylic acid groups (broad SMARTS) is 1. The van der Waals surface area contributed by atoms with Gasteiger partial charge in [0, 0.05) is 34.6 Å². The molecule has 0 aromatic heterocycles. The molecule has 1 N–H and O–H groups in total. The number of rotatable bonds is 5. The highest BCUT2D eigenvalue weighted by molar-refractivity contribution is 9.10. The lowest BCUT2D eigenvalue weighted by Crippen LogP contribution is -2.45. The first kappa shape index (κ1) is 15.9. The van der Waals surface area contributed by atoms with Crippen LogP contribution in [-0.2, 0) is 4.79 Å². The molecule has 1 aliphatic rings. The van der Waals surface area contributed by atoms with Crippen LogP contribution in [0.1, 0.15) is 31.4 Å². The largest absolute Gasteiger partial charge is 0.481 e. The molecule has 1 aromatic rings. The number of hydrogen-bond donors (Lipinski definition) is 1. The summed E-state index contributed by atoms with van der Waals surface area (Å²) in [4.78, 5) is 13.4. The smallest absolute Gasteiger partial charge is 0.304 e. The van der Waals surface area contributed by atoms with Crippen molar-refractivity contribution in [1.29, 1.82) is 0 Å². The van der Waals surface area contributed by atoms with Crippen molar-refractivity contribution in [3.8, 4) is 0 Å². The Bertz CT molecular complexity index is 452. The quantitative estimate of drug-likeness (QED) is 0.870. The summed E-state index contributed by atoms with van der Waals surface area (Å²) in [6.45, 7) is 3.14. The molecule has 1 saturated heterocycles. The van der Waals surface area contributed by atoms with Gasteiger partial charge in [0.2, 0.25) is 0 Å². The number of aliphatic carboxylic acids is 1. The van der Waals surface area contributed by atoms with Crippen LogP contribution in [0.25, 0.3) is 0 Å². The van der Waals surface area contributed by atoms with E-state index in [0.717, 1.165) is 28.9 Å². The molecule has 1 fully saturated rings. The molecule has 2 unspecified atom stereocenters. The zero-order valence-electron chi connectivity index (χ0n) is 11.6. The standard InChI is InChI=1S/C15H20BrNO2S/c1-2-14(11-3-5-12(16)6-4-11)17-7-8-20-10-13(17)9-15(18)19/h3-6,13-14H,2,7-10H2,1H3,(H,18,19). The van der Waals surface area contributed by atoms with Crippen molar-refractivity contribution in [2.45, 2.75) is 31.8 Å². The van der Waals surface area contributed by atoms with Crippen LogP contribution in [0.5, 0.6) is 0 Å². The minimum atomic E-state index is -0.701. The topological polar surface area (TPSA) is 40.5 Å². The highest BCUT2D eigenvalue weighted by Crippen LogP contribution is 2.32. The maximum Gasteiger partial charge on any atom is 0.304 e. The normalized spacial score (nSPS) is 21.6. The Labute approximate surface area is 132 Å². The van der Waals surface area contributed by atoms with E-state index in [-0.39, 0.29) is 12.5 Å². The highest BCUT2D eigenvalue weighted by atomic mass is 79.9. The number of thioether (sulfide) groups is 1. The van der Waals surface area contributed by atoms with Gasteiger partial charge in [0.15, 0.2) is 0 Å². The van der Waals surface area contributed by atoms with E-state index in [0.29, 0.717) is 6.04 Å². The summed E-state index contributed by atoms with van der Waals surface area (Å²) in [5.74, 6) is 1.30. The monoisotopic (exact) mass is 357 g/mol. The van der Waals surface area contributed by atoms with Gasteiger partial charge in [-0.05, 0) is 24.1 Å². The molecule has 20 heavy (non-hydrogen) atoms. The molecule has 5 heteroatoms. The maximum atomic E-state index is 11.1. The van der Waals surface area contributed by atoms with E-state index in [2.05, 4.69) is 52.0 Å². The molecule has 0 spiro atoms. The summed E-state index contributed by atoms with van der Waals surface area (Å²) in [7, 11) is 0. The van der Waals surface area contributed by atoms with Gasteiger partial charge in [0.1, 0.15) is 0 Å². The molecule has 110 valence electrons. The zero-order chi connectivity index (χ0) is 14.5. The molecular formula is C15H20BrNO2S. The summed E-state index contributed by atoms with van der Waals surface area (Å²) >= 11 is 5.32. The van der Waals surface area contributed by atoms with E-state index in [4.69, 9.17) is 5.11 Å². The van der Waals surface area contributed by atoms with E-state index in [1.807, 2.05) is 11.8 Å². The van der Waals surface area contributed by atoms with E-state index < -0.39 is 5.97 Å². The fourth-order valence-electron chi connectivity index (χ4n) is 2.80. The fourth-order valence-corrected chi connectivity index (χ4v) is 4.15. The molecule has 2 atom stereocenters. The summed E-state index contributed by atoms with van der Waals surface area (Å²) < 4.78 is 1.08. The van der Waals surface area contributed by atoms with Crippen LogP contribution in [0.15, 0.2) is 28.7 Å². The van der Waals surface area contributed by atoms with Crippen molar-refractivity contribution in [2.24, 2.45) is 0 Å². The third-order valence-electron chi connectivity index (χ3n) is 3.73. The third kappa shape index (κ3) is 3.99. The van der Waals surface area contributed by atoms with Crippen LogP contribution in [-0.4, -0.2) is 40.1 Å². The number of benzene rings is 1. The van der Waals surface area contributed by atoms with Crippen molar-refractivity contribution in [3.05, 3.63) is 34.3 Å². The van der Waals surface area contributed by atoms with Crippen molar-refractivity contribution in [3.63, 3.8) is 0 Å². The van der Waals surface area contributed by atoms with Gasteiger partial charge in [-0.1, -0.05) is 35.0 Å². The van der Waals surface area contributed by atoms with Gasteiger partial charge in [0.25, 0.3) is 0 Å². The second-order valence-corrected chi connectivity index (χ2v) is 7.11. The van der Waals surface area contributed by atoms with Gasteiger partial charge in [-0.25, -0.2) is 0 Å². The van der Waals surface area contributed by atoms with E-state index in [1.165, 1.54) is 5.56 Å². The van der Waals surface area contributed by atoms with Crippen LogP contribution in [0.2, 0.25) is 0 Å². The molecule has 0 radical (unpaired) electrons. The summed E-state index contributed by atoms with van der Waals surface area (Å²) in [6, 6.07) is 8.84. The molecule has 0 bridgehead atoms. The van der Waals surface area contributed by atoms with Gasteiger partial charge in [-0.3, -0.25) is 9.69 Å². The molecule has 1 aliphatic heterocycles. The van der Waals surface area contributed by atoms with E-state index in [1.54, 1.807) is 0 Å². The van der Waals surface area contributed by atoms with Crippen molar-refractivity contribution in [2.75, 3.05) is 18.1 Å². The second-order valence-electron chi connectivity index (χ2n) is 5.04. The Balaban J connectivity index is 2.19. The Morgan fingerprint density at radius 3 is 2.80 bits per heavy atom. The SMILES string of the molecule is CCC(c1ccc(Br)cc1)N1CCSCC1CC(=O)O. The minimum absolute atomic E-state index is 0.139. The Morgan fingerprint density at radius 1 is 1.50 bits per heavy atom. The average Bonchev–Trinajstić information content (AvgIpc) is 2.43. The average molecular weight is 358 g/mol. The first-order valence-electron chi connectivity index (χ1n) is 6.92. The Hall–Kier alpha value is -0.520. The predicted molar refractivity (Wildman–Crippen MR) is 87.2 cm³/mol. The third-order valence-corrected chi connectivity index (χ3v) is 5.35. The number of nitrogens with zero attached hydrogens (tertiary/aromatic N) is 1. The predicted octanol–water partition coefficient (Wildman–Crippen LogP) is 3.79. The molecule has 1 heterocycles. The first-order chi connectivity index (χ1) is 9.61. The number of hydrogen-bond acceptors (Lipinski definition) is 3. The second kappa shape index (κ2) is 7.48. The molecule has 0 amide bonds. The summed E-state index contributed by atoms with van der Waals surface area (Å²) in [6.07, 6.45) is 1.24.